The van der Waals surface area contributed by atoms with Crippen LogP contribution in [0.5, 0.6) is 0 Å². The Kier molecular flexibility index (Phi) is 5.71. The van der Waals surface area contributed by atoms with Gasteiger partial charge in [0.2, 0.25) is 0 Å². The van der Waals surface area contributed by atoms with Gasteiger partial charge in [-0.2, -0.15) is 0 Å². The largest absolute Gasteiger partial charge is 0.327 e. The van der Waals surface area contributed by atoms with E-state index in [1.165, 1.54) is 32.1 Å². The third-order valence-corrected chi connectivity index (χ3v) is 4.69. The molecule has 14 heavy (non-hydrogen) atoms. The first-order chi connectivity index (χ1) is 6.74. The first kappa shape index (κ1) is 12.2. The van der Waals surface area contributed by atoms with Crippen molar-refractivity contribution in [3.8, 4) is 0 Å². The van der Waals surface area contributed by atoms with E-state index < -0.39 is 10.8 Å². The van der Waals surface area contributed by atoms with Gasteiger partial charge in [-0.25, -0.2) is 0 Å². The van der Waals surface area contributed by atoms with Crippen LogP contribution in [0.1, 0.15) is 45.4 Å². The zero-order chi connectivity index (χ0) is 10.4. The molecule has 0 aliphatic heterocycles. The number of hydrogen-bond donors (Lipinski definition) is 1. The van der Waals surface area contributed by atoms with E-state index in [9.17, 15) is 4.21 Å². The second-order valence-corrected chi connectivity index (χ2v) is 5.99. The van der Waals surface area contributed by atoms with Crippen molar-refractivity contribution < 1.29 is 4.21 Å². The Balaban J connectivity index is 2.25. The third kappa shape index (κ3) is 4.09. The van der Waals surface area contributed by atoms with Gasteiger partial charge in [-0.15, -0.1) is 0 Å². The Bertz CT molecular complexity index is 178. The van der Waals surface area contributed by atoms with Crippen LogP contribution in [-0.2, 0) is 10.8 Å². The molecule has 0 radical (unpaired) electrons. The van der Waals surface area contributed by atoms with Crippen molar-refractivity contribution in [1.29, 1.82) is 0 Å². The van der Waals surface area contributed by atoms with Crippen LogP contribution in [0.3, 0.4) is 0 Å². The fraction of sp³-hybridized carbons (Fsp3) is 1.00. The summed E-state index contributed by atoms with van der Waals surface area (Å²) in [5.41, 5.74) is 6.09. The molecule has 3 heteroatoms. The molecule has 0 heterocycles. The van der Waals surface area contributed by atoms with Crippen molar-refractivity contribution in [3.05, 3.63) is 0 Å². The average Bonchev–Trinajstić information content (AvgIpc) is 2.19. The van der Waals surface area contributed by atoms with Crippen LogP contribution in [0.4, 0.5) is 0 Å². The van der Waals surface area contributed by atoms with Crippen molar-refractivity contribution in [1.82, 2.24) is 0 Å². The Morgan fingerprint density at radius 2 is 2.00 bits per heavy atom. The molecule has 0 amide bonds. The van der Waals surface area contributed by atoms with Gasteiger partial charge in [0.25, 0.3) is 0 Å². The van der Waals surface area contributed by atoms with Gasteiger partial charge in [0.15, 0.2) is 0 Å². The summed E-state index contributed by atoms with van der Waals surface area (Å²) in [5, 5.41) is 0. The van der Waals surface area contributed by atoms with Crippen LogP contribution in [0.25, 0.3) is 0 Å². The highest BCUT2D eigenvalue weighted by atomic mass is 32.2. The molecular weight excluding hydrogens is 194 g/mol. The predicted octanol–water partition coefficient (Wildman–Crippen LogP) is 2.05. The highest BCUT2D eigenvalue weighted by Crippen LogP contribution is 2.25. The summed E-state index contributed by atoms with van der Waals surface area (Å²) >= 11 is 0. The molecule has 0 aromatic rings. The van der Waals surface area contributed by atoms with Gasteiger partial charge in [0.1, 0.15) is 0 Å². The van der Waals surface area contributed by atoms with Gasteiger partial charge in [0, 0.05) is 28.3 Å². The van der Waals surface area contributed by atoms with Gasteiger partial charge in [0.05, 0.1) is 0 Å². The van der Waals surface area contributed by atoms with Crippen LogP contribution in [-0.4, -0.2) is 21.8 Å². The fourth-order valence-electron chi connectivity index (χ4n) is 2.22. The maximum atomic E-state index is 11.5. The predicted molar refractivity (Wildman–Crippen MR) is 62.7 cm³/mol. The summed E-state index contributed by atoms with van der Waals surface area (Å²) in [6.07, 6.45) is 7.51. The summed E-state index contributed by atoms with van der Waals surface area (Å²) in [5.74, 6) is 2.18. The van der Waals surface area contributed by atoms with E-state index in [1.807, 2.05) is 0 Å². The lowest BCUT2D eigenvalue weighted by Gasteiger charge is -2.27. The lowest BCUT2D eigenvalue weighted by Crippen LogP contribution is -2.36. The van der Waals surface area contributed by atoms with E-state index in [-0.39, 0.29) is 6.04 Å². The quantitative estimate of drug-likeness (QED) is 0.766. The van der Waals surface area contributed by atoms with Gasteiger partial charge < -0.3 is 5.73 Å². The Morgan fingerprint density at radius 1 is 1.36 bits per heavy atom. The van der Waals surface area contributed by atoms with E-state index in [2.05, 4.69) is 6.92 Å². The molecular formula is C11H23NOS. The monoisotopic (exact) mass is 217 g/mol. The topological polar surface area (TPSA) is 43.1 Å². The lowest BCUT2D eigenvalue weighted by molar-refractivity contribution is 0.318. The molecule has 2 N–H and O–H groups in total. The molecule has 0 bridgehead atoms. The van der Waals surface area contributed by atoms with Crippen LogP contribution < -0.4 is 5.73 Å². The number of nitrogens with two attached hydrogens (primary N) is 1. The zero-order valence-electron chi connectivity index (χ0n) is 9.21. The highest BCUT2D eigenvalue weighted by Gasteiger charge is 2.21. The summed E-state index contributed by atoms with van der Waals surface area (Å²) in [4.78, 5) is 0. The molecule has 0 spiro atoms. The summed E-state index contributed by atoms with van der Waals surface area (Å²) in [6, 6.07) is 0.183. The summed E-state index contributed by atoms with van der Waals surface area (Å²) in [7, 11) is -0.677. The van der Waals surface area contributed by atoms with Crippen molar-refractivity contribution in [3.63, 3.8) is 0 Å². The SMILES string of the molecule is CCCS(=O)CC(N)C1CCCCC1. The fourth-order valence-corrected chi connectivity index (χ4v) is 3.55. The first-order valence-corrected chi connectivity index (χ1v) is 7.33. The molecule has 2 unspecified atom stereocenters. The second kappa shape index (κ2) is 6.57. The van der Waals surface area contributed by atoms with E-state index in [0.717, 1.165) is 17.9 Å². The lowest BCUT2D eigenvalue weighted by atomic mass is 9.85. The summed E-state index contributed by atoms with van der Waals surface area (Å²) in [6.45, 7) is 2.07. The molecule has 1 saturated carbocycles. The van der Waals surface area contributed by atoms with E-state index in [1.54, 1.807) is 0 Å². The number of hydrogen-bond acceptors (Lipinski definition) is 2. The highest BCUT2D eigenvalue weighted by molar-refractivity contribution is 7.85. The van der Waals surface area contributed by atoms with Crippen LogP contribution >= 0.6 is 0 Å². The Morgan fingerprint density at radius 3 is 2.57 bits per heavy atom. The van der Waals surface area contributed by atoms with Crippen molar-refractivity contribution >= 4 is 10.8 Å². The molecule has 1 fully saturated rings. The molecule has 2 nitrogen and oxygen atoms in total. The molecule has 1 aliphatic rings. The average molecular weight is 217 g/mol. The maximum absolute atomic E-state index is 11.5. The van der Waals surface area contributed by atoms with Gasteiger partial charge in [-0.3, -0.25) is 4.21 Å². The maximum Gasteiger partial charge on any atom is 0.0389 e. The third-order valence-electron chi connectivity index (χ3n) is 3.07. The molecule has 0 aromatic carbocycles. The van der Waals surface area contributed by atoms with Crippen molar-refractivity contribution in [2.75, 3.05) is 11.5 Å². The van der Waals surface area contributed by atoms with Crippen LogP contribution in [0.2, 0.25) is 0 Å². The minimum absolute atomic E-state index is 0.183. The minimum Gasteiger partial charge on any atom is -0.327 e. The summed E-state index contributed by atoms with van der Waals surface area (Å²) < 4.78 is 11.5. The first-order valence-electron chi connectivity index (χ1n) is 5.84. The van der Waals surface area contributed by atoms with Gasteiger partial charge >= 0.3 is 0 Å². The standard InChI is InChI=1S/C11H23NOS/c1-2-8-14(13)9-11(12)10-6-4-3-5-7-10/h10-11H,2-9,12H2,1H3. The van der Waals surface area contributed by atoms with Gasteiger partial charge in [-0.1, -0.05) is 26.2 Å². The molecule has 1 aliphatic carbocycles. The van der Waals surface area contributed by atoms with E-state index >= 15 is 0 Å². The molecule has 84 valence electrons. The minimum atomic E-state index is -0.677. The van der Waals surface area contributed by atoms with E-state index in [4.69, 9.17) is 5.73 Å². The molecule has 0 saturated heterocycles. The van der Waals surface area contributed by atoms with Crippen LogP contribution in [0.15, 0.2) is 0 Å². The Hall–Kier alpha value is 0.110. The normalized spacial score (nSPS) is 23.3. The van der Waals surface area contributed by atoms with E-state index in [0.29, 0.717) is 5.92 Å². The van der Waals surface area contributed by atoms with Crippen molar-refractivity contribution in [2.24, 2.45) is 11.7 Å². The zero-order valence-corrected chi connectivity index (χ0v) is 10.0. The van der Waals surface area contributed by atoms with Crippen molar-refractivity contribution in [2.45, 2.75) is 51.5 Å². The van der Waals surface area contributed by atoms with Gasteiger partial charge in [-0.05, 0) is 25.2 Å². The smallest absolute Gasteiger partial charge is 0.0389 e. The molecule has 0 aromatic heterocycles. The second-order valence-electron chi connectivity index (χ2n) is 4.37. The molecule has 2 atom stereocenters. The Labute approximate surface area is 90.1 Å². The van der Waals surface area contributed by atoms with Crippen LogP contribution in [0, 0.1) is 5.92 Å². The number of rotatable bonds is 5. The molecule has 1 rings (SSSR count).